The first-order valence-electron chi connectivity index (χ1n) is 5.26. The lowest BCUT2D eigenvalue weighted by atomic mass is 10.2. The second-order valence-corrected chi connectivity index (χ2v) is 3.61. The molecular formula is C13H10N4O. The molecular weight excluding hydrogens is 228 g/mol. The molecule has 0 saturated carbocycles. The van der Waals surface area contributed by atoms with Gasteiger partial charge in [-0.3, -0.25) is 9.78 Å². The van der Waals surface area contributed by atoms with Gasteiger partial charge in [-0.15, -0.1) is 0 Å². The van der Waals surface area contributed by atoms with Crippen LogP contribution in [0.1, 0.15) is 16.1 Å². The van der Waals surface area contributed by atoms with Crippen molar-refractivity contribution in [2.24, 2.45) is 0 Å². The van der Waals surface area contributed by atoms with E-state index >= 15 is 0 Å². The number of amides is 1. The van der Waals surface area contributed by atoms with Gasteiger partial charge in [0.25, 0.3) is 5.91 Å². The maximum atomic E-state index is 12.1. The average Bonchev–Trinajstić information content (AvgIpc) is 2.47. The molecule has 88 valence electrons. The highest BCUT2D eigenvalue weighted by Gasteiger charge is 2.14. The van der Waals surface area contributed by atoms with E-state index < -0.39 is 0 Å². The molecule has 0 aliphatic rings. The highest BCUT2D eigenvalue weighted by molar-refractivity contribution is 6.04. The van der Waals surface area contributed by atoms with Crippen molar-refractivity contribution in [2.75, 3.05) is 11.9 Å². The number of nitriles is 1. The minimum atomic E-state index is -0.243. The van der Waals surface area contributed by atoms with E-state index in [1.807, 2.05) is 6.07 Å². The molecule has 0 fully saturated rings. The summed E-state index contributed by atoms with van der Waals surface area (Å²) in [4.78, 5) is 21.3. The van der Waals surface area contributed by atoms with Crippen LogP contribution in [0.5, 0.6) is 0 Å². The van der Waals surface area contributed by atoms with Crippen molar-refractivity contribution in [3.8, 4) is 6.07 Å². The fraction of sp³-hybridized carbons (Fsp3) is 0.0769. The van der Waals surface area contributed by atoms with E-state index in [1.54, 1.807) is 31.3 Å². The van der Waals surface area contributed by atoms with Crippen LogP contribution in [0.2, 0.25) is 0 Å². The van der Waals surface area contributed by atoms with Crippen molar-refractivity contribution < 1.29 is 4.79 Å². The zero-order valence-electron chi connectivity index (χ0n) is 9.74. The second kappa shape index (κ2) is 5.06. The zero-order valence-corrected chi connectivity index (χ0v) is 9.74. The largest absolute Gasteiger partial charge is 0.310 e. The molecule has 0 atom stereocenters. The summed E-state index contributed by atoms with van der Waals surface area (Å²) in [7, 11) is 1.65. The van der Waals surface area contributed by atoms with Gasteiger partial charge in [0.1, 0.15) is 5.69 Å². The molecule has 5 heteroatoms. The summed E-state index contributed by atoms with van der Waals surface area (Å²) in [6, 6.07) is 8.78. The third-order valence-electron chi connectivity index (χ3n) is 2.47. The monoisotopic (exact) mass is 238 g/mol. The third kappa shape index (κ3) is 2.33. The van der Waals surface area contributed by atoms with E-state index in [-0.39, 0.29) is 11.6 Å². The fourth-order valence-corrected chi connectivity index (χ4v) is 1.46. The lowest BCUT2D eigenvalue weighted by molar-refractivity contribution is 0.0988. The number of carbonyl (C=O) groups is 1. The SMILES string of the molecule is CN(C(=O)c1cnccn1)c1ccc(C#N)cc1. The third-order valence-corrected chi connectivity index (χ3v) is 2.47. The van der Waals surface area contributed by atoms with E-state index in [4.69, 9.17) is 5.26 Å². The number of nitrogens with zero attached hydrogens (tertiary/aromatic N) is 4. The Hall–Kier alpha value is -2.74. The van der Waals surface area contributed by atoms with Crippen molar-refractivity contribution in [1.29, 1.82) is 5.26 Å². The van der Waals surface area contributed by atoms with Crippen LogP contribution < -0.4 is 4.90 Å². The topological polar surface area (TPSA) is 69.9 Å². The van der Waals surface area contributed by atoms with Gasteiger partial charge in [-0.2, -0.15) is 5.26 Å². The molecule has 0 bridgehead atoms. The Balaban J connectivity index is 2.23. The van der Waals surface area contributed by atoms with E-state index in [9.17, 15) is 4.79 Å². The lowest BCUT2D eigenvalue weighted by Gasteiger charge is -2.16. The summed E-state index contributed by atoms with van der Waals surface area (Å²) >= 11 is 0. The smallest absolute Gasteiger partial charge is 0.278 e. The number of hydrogen-bond donors (Lipinski definition) is 0. The van der Waals surface area contributed by atoms with Crippen molar-refractivity contribution in [1.82, 2.24) is 9.97 Å². The maximum Gasteiger partial charge on any atom is 0.278 e. The van der Waals surface area contributed by atoms with Gasteiger partial charge in [-0.05, 0) is 24.3 Å². The first-order chi connectivity index (χ1) is 8.72. The van der Waals surface area contributed by atoms with Gasteiger partial charge >= 0.3 is 0 Å². The summed E-state index contributed by atoms with van der Waals surface area (Å²) in [5.74, 6) is -0.243. The van der Waals surface area contributed by atoms with Crippen molar-refractivity contribution in [3.63, 3.8) is 0 Å². The molecule has 0 N–H and O–H groups in total. The Morgan fingerprint density at radius 1 is 1.28 bits per heavy atom. The molecule has 0 aliphatic heterocycles. The predicted octanol–water partition coefficient (Wildman–Crippen LogP) is 1.62. The molecule has 1 aromatic heterocycles. The van der Waals surface area contributed by atoms with Gasteiger partial charge in [-0.25, -0.2) is 4.98 Å². The lowest BCUT2D eigenvalue weighted by Crippen LogP contribution is -2.27. The Bertz CT molecular complexity index is 587. The molecule has 18 heavy (non-hydrogen) atoms. The van der Waals surface area contributed by atoms with Gasteiger partial charge in [0.15, 0.2) is 0 Å². The average molecular weight is 238 g/mol. The van der Waals surface area contributed by atoms with E-state index in [0.29, 0.717) is 11.3 Å². The van der Waals surface area contributed by atoms with Gasteiger partial charge in [0.2, 0.25) is 0 Å². The first kappa shape index (κ1) is 11.7. The zero-order chi connectivity index (χ0) is 13.0. The van der Waals surface area contributed by atoms with Crippen LogP contribution in [0.4, 0.5) is 5.69 Å². The summed E-state index contributed by atoms with van der Waals surface area (Å²) < 4.78 is 0. The summed E-state index contributed by atoms with van der Waals surface area (Å²) in [5, 5.41) is 8.71. The normalized spacial score (nSPS) is 9.56. The highest BCUT2D eigenvalue weighted by atomic mass is 16.2. The van der Waals surface area contributed by atoms with E-state index in [0.717, 1.165) is 0 Å². The molecule has 0 saturated heterocycles. The quantitative estimate of drug-likeness (QED) is 0.797. The van der Waals surface area contributed by atoms with Crippen LogP contribution in [0.25, 0.3) is 0 Å². The molecule has 1 amide bonds. The van der Waals surface area contributed by atoms with Crippen LogP contribution in [0, 0.1) is 11.3 Å². The van der Waals surface area contributed by atoms with Crippen LogP contribution in [-0.4, -0.2) is 22.9 Å². The van der Waals surface area contributed by atoms with Crippen LogP contribution in [-0.2, 0) is 0 Å². The second-order valence-electron chi connectivity index (χ2n) is 3.61. The molecule has 1 aromatic carbocycles. The van der Waals surface area contributed by atoms with Gasteiger partial charge in [-0.1, -0.05) is 0 Å². The highest BCUT2D eigenvalue weighted by Crippen LogP contribution is 2.15. The minimum absolute atomic E-state index is 0.243. The molecule has 0 unspecified atom stereocenters. The van der Waals surface area contributed by atoms with Crippen molar-refractivity contribution in [2.45, 2.75) is 0 Å². The summed E-state index contributed by atoms with van der Waals surface area (Å²) in [6.07, 6.45) is 4.40. The standard InChI is InChI=1S/C13H10N4O/c1-17(11-4-2-10(8-14)3-5-11)13(18)12-9-15-6-7-16-12/h2-7,9H,1H3. The number of rotatable bonds is 2. The fourth-order valence-electron chi connectivity index (χ4n) is 1.46. The van der Waals surface area contributed by atoms with Gasteiger partial charge in [0, 0.05) is 25.1 Å². The number of anilines is 1. The Morgan fingerprint density at radius 3 is 2.56 bits per heavy atom. The van der Waals surface area contributed by atoms with Crippen molar-refractivity contribution in [3.05, 3.63) is 54.1 Å². The molecule has 0 radical (unpaired) electrons. The molecule has 0 aliphatic carbocycles. The van der Waals surface area contributed by atoms with Crippen LogP contribution in [0.15, 0.2) is 42.9 Å². The van der Waals surface area contributed by atoms with Crippen molar-refractivity contribution >= 4 is 11.6 Å². The summed E-state index contributed by atoms with van der Waals surface area (Å²) in [5.41, 5.74) is 1.54. The van der Waals surface area contributed by atoms with Gasteiger partial charge in [0.05, 0.1) is 17.8 Å². The summed E-state index contributed by atoms with van der Waals surface area (Å²) in [6.45, 7) is 0. The number of hydrogen-bond acceptors (Lipinski definition) is 4. The number of carbonyl (C=O) groups excluding carboxylic acids is 1. The van der Waals surface area contributed by atoms with Crippen LogP contribution in [0.3, 0.4) is 0 Å². The molecule has 0 spiro atoms. The molecule has 2 aromatic rings. The molecule has 5 nitrogen and oxygen atoms in total. The van der Waals surface area contributed by atoms with Crippen LogP contribution >= 0.6 is 0 Å². The number of aromatic nitrogens is 2. The Labute approximate surface area is 104 Å². The maximum absolute atomic E-state index is 12.1. The minimum Gasteiger partial charge on any atom is -0.310 e. The molecule has 2 rings (SSSR count). The number of benzene rings is 1. The van der Waals surface area contributed by atoms with E-state index in [2.05, 4.69) is 9.97 Å². The Morgan fingerprint density at radius 2 is 2.00 bits per heavy atom. The first-order valence-corrected chi connectivity index (χ1v) is 5.26. The van der Waals surface area contributed by atoms with E-state index in [1.165, 1.54) is 23.5 Å². The predicted molar refractivity (Wildman–Crippen MR) is 65.9 cm³/mol. The van der Waals surface area contributed by atoms with Gasteiger partial charge < -0.3 is 4.90 Å². The molecule has 1 heterocycles. The Kier molecular flexibility index (Phi) is 3.30.